The van der Waals surface area contributed by atoms with Crippen molar-refractivity contribution in [3.8, 4) is 0 Å². The molecule has 3 N–H and O–H groups in total. The summed E-state index contributed by atoms with van der Waals surface area (Å²) in [6.45, 7) is 5.49. The molecule has 0 saturated carbocycles. The summed E-state index contributed by atoms with van der Waals surface area (Å²) in [6, 6.07) is -0.0935. The smallest absolute Gasteiger partial charge is 0.0688 e. The average Bonchev–Trinajstić information content (AvgIpc) is 2.26. The quantitative estimate of drug-likeness (QED) is 0.443. The van der Waals surface area contributed by atoms with Gasteiger partial charge in [-0.1, -0.05) is 50.5 Å². The Balaban J connectivity index is 3.15. The Hall–Kier alpha value is -0.600. The van der Waals surface area contributed by atoms with Gasteiger partial charge < -0.3 is 10.8 Å². The van der Waals surface area contributed by atoms with Crippen molar-refractivity contribution in [1.82, 2.24) is 0 Å². The molecule has 1 unspecified atom stereocenters. The Labute approximate surface area is 100 Å². The predicted molar refractivity (Wildman–Crippen MR) is 71.3 cm³/mol. The Bertz CT molecular complexity index is 187. The van der Waals surface area contributed by atoms with Gasteiger partial charge in [-0.15, -0.1) is 0 Å². The highest BCUT2D eigenvalue weighted by molar-refractivity contribution is 4.96. The van der Waals surface area contributed by atoms with Crippen LogP contribution >= 0.6 is 0 Å². The van der Waals surface area contributed by atoms with Gasteiger partial charge in [0.2, 0.25) is 0 Å². The Kier molecular flexibility index (Phi) is 10.5. The van der Waals surface area contributed by atoms with E-state index in [9.17, 15) is 5.11 Å². The van der Waals surface area contributed by atoms with Gasteiger partial charge in [-0.3, -0.25) is 0 Å². The monoisotopic (exact) mass is 225 g/mol. The summed E-state index contributed by atoms with van der Waals surface area (Å²) < 4.78 is 0. The number of unbranched alkanes of at least 4 members (excludes halogenated alkanes) is 5. The van der Waals surface area contributed by atoms with Crippen LogP contribution in [0.4, 0.5) is 0 Å². The van der Waals surface area contributed by atoms with Gasteiger partial charge in [0.1, 0.15) is 0 Å². The van der Waals surface area contributed by atoms with Crippen molar-refractivity contribution in [1.29, 1.82) is 0 Å². The first-order valence-corrected chi connectivity index (χ1v) is 6.39. The van der Waals surface area contributed by atoms with Crippen molar-refractivity contribution in [2.75, 3.05) is 0 Å². The lowest BCUT2D eigenvalue weighted by Crippen LogP contribution is -2.31. The highest BCUT2D eigenvalue weighted by Gasteiger charge is 2.07. The van der Waals surface area contributed by atoms with Gasteiger partial charge in [0.15, 0.2) is 0 Å². The molecule has 0 heterocycles. The number of hydrogen-bond acceptors (Lipinski definition) is 2. The van der Waals surface area contributed by atoms with Crippen LogP contribution in [0.5, 0.6) is 0 Å². The molecule has 0 aliphatic rings. The zero-order chi connectivity index (χ0) is 12.2. The molecule has 0 saturated heterocycles. The Morgan fingerprint density at radius 1 is 1.19 bits per heavy atom. The highest BCUT2D eigenvalue weighted by Crippen LogP contribution is 2.10. The van der Waals surface area contributed by atoms with Crippen LogP contribution in [0.25, 0.3) is 0 Å². The fourth-order valence-electron chi connectivity index (χ4n) is 1.60. The number of nitrogens with two attached hydrogens (primary N) is 1. The molecule has 94 valence electrons. The molecular weight excluding hydrogens is 198 g/mol. The van der Waals surface area contributed by atoms with E-state index in [0.29, 0.717) is 0 Å². The summed E-state index contributed by atoms with van der Waals surface area (Å²) >= 11 is 0. The van der Waals surface area contributed by atoms with Gasteiger partial charge in [0.25, 0.3) is 0 Å². The highest BCUT2D eigenvalue weighted by atomic mass is 16.3. The van der Waals surface area contributed by atoms with E-state index in [1.54, 1.807) is 0 Å². The standard InChI is InChI=1S/C14H27NO/c1-3-4-5-6-7-8-9-10-11-12-14(16)13(2)15/h3-5,13-14,16H,1,6-12,15H2,2H3/b5-4+/t13?,14-/m1/s1. The molecule has 0 spiro atoms. The summed E-state index contributed by atoms with van der Waals surface area (Å²) in [5.41, 5.74) is 5.58. The molecule has 0 rings (SSSR count). The van der Waals surface area contributed by atoms with E-state index in [-0.39, 0.29) is 12.1 Å². The molecule has 2 heteroatoms. The van der Waals surface area contributed by atoms with E-state index in [2.05, 4.69) is 12.7 Å². The molecule has 0 radical (unpaired) electrons. The van der Waals surface area contributed by atoms with Gasteiger partial charge in [0, 0.05) is 6.04 Å². The number of hydrogen-bond donors (Lipinski definition) is 2. The van der Waals surface area contributed by atoms with Gasteiger partial charge in [0.05, 0.1) is 6.10 Å². The molecule has 2 atom stereocenters. The number of rotatable bonds is 10. The van der Waals surface area contributed by atoms with Crippen LogP contribution in [0, 0.1) is 0 Å². The molecule has 16 heavy (non-hydrogen) atoms. The van der Waals surface area contributed by atoms with Crippen molar-refractivity contribution in [2.24, 2.45) is 5.73 Å². The maximum Gasteiger partial charge on any atom is 0.0688 e. The molecule has 0 fully saturated rings. The number of aliphatic hydroxyl groups excluding tert-OH is 1. The summed E-state index contributed by atoms with van der Waals surface area (Å²) in [5, 5.41) is 9.48. The van der Waals surface area contributed by atoms with Crippen LogP contribution < -0.4 is 5.73 Å². The van der Waals surface area contributed by atoms with Crippen LogP contribution in [0.3, 0.4) is 0 Å². The molecule has 0 amide bonds. The van der Waals surface area contributed by atoms with Crippen LogP contribution in [0.1, 0.15) is 51.9 Å². The predicted octanol–water partition coefficient (Wildman–Crippen LogP) is 3.17. The first kappa shape index (κ1) is 15.4. The minimum absolute atomic E-state index is 0.0935. The van der Waals surface area contributed by atoms with Gasteiger partial charge >= 0.3 is 0 Å². The zero-order valence-electron chi connectivity index (χ0n) is 10.6. The van der Waals surface area contributed by atoms with E-state index >= 15 is 0 Å². The minimum Gasteiger partial charge on any atom is -0.392 e. The Morgan fingerprint density at radius 2 is 1.81 bits per heavy atom. The largest absolute Gasteiger partial charge is 0.392 e. The average molecular weight is 225 g/mol. The van der Waals surface area contributed by atoms with Crippen molar-refractivity contribution < 1.29 is 5.11 Å². The molecule has 0 aliphatic heterocycles. The lowest BCUT2D eigenvalue weighted by molar-refractivity contribution is 0.138. The number of aliphatic hydroxyl groups is 1. The molecule has 2 nitrogen and oxygen atoms in total. The zero-order valence-corrected chi connectivity index (χ0v) is 10.6. The van der Waals surface area contributed by atoms with E-state index < -0.39 is 0 Å². The fourth-order valence-corrected chi connectivity index (χ4v) is 1.60. The third kappa shape index (κ3) is 9.94. The topological polar surface area (TPSA) is 46.2 Å². The van der Waals surface area contributed by atoms with Gasteiger partial charge in [-0.2, -0.15) is 0 Å². The van der Waals surface area contributed by atoms with Gasteiger partial charge in [-0.25, -0.2) is 0 Å². The van der Waals surface area contributed by atoms with Crippen LogP contribution in [0.2, 0.25) is 0 Å². The fraction of sp³-hybridized carbons (Fsp3) is 0.714. The van der Waals surface area contributed by atoms with Crippen LogP contribution in [-0.2, 0) is 0 Å². The minimum atomic E-state index is -0.324. The van der Waals surface area contributed by atoms with Crippen molar-refractivity contribution >= 4 is 0 Å². The molecular formula is C14H27NO. The van der Waals surface area contributed by atoms with Crippen molar-refractivity contribution in [3.63, 3.8) is 0 Å². The second-order valence-corrected chi connectivity index (χ2v) is 4.44. The van der Waals surface area contributed by atoms with Crippen LogP contribution in [-0.4, -0.2) is 17.3 Å². The maximum atomic E-state index is 9.48. The second-order valence-electron chi connectivity index (χ2n) is 4.44. The SMILES string of the molecule is C=C/C=C/CCCCCCC[C@@H](O)C(C)N. The summed E-state index contributed by atoms with van der Waals surface area (Å²) in [7, 11) is 0. The molecule has 0 aromatic carbocycles. The molecule has 0 bridgehead atoms. The third-order valence-corrected chi connectivity index (χ3v) is 2.75. The van der Waals surface area contributed by atoms with Crippen LogP contribution in [0.15, 0.2) is 24.8 Å². The van der Waals surface area contributed by atoms with E-state index in [1.165, 1.54) is 25.7 Å². The Morgan fingerprint density at radius 3 is 2.44 bits per heavy atom. The van der Waals surface area contributed by atoms with Crippen molar-refractivity contribution in [3.05, 3.63) is 24.8 Å². The summed E-state index contributed by atoms with van der Waals surface area (Å²) in [6.07, 6.45) is 13.7. The normalized spacial score (nSPS) is 15.2. The second kappa shape index (κ2) is 10.9. The first-order chi connectivity index (χ1) is 7.68. The maximum absolute atomic E-state index is 9.48. The lowest BCUT2D eigenvalue weighted by Gasteiger charge is -2.13. The number of allylic oxidation sites excluding steroid dienone is 3. The molecule has 0 aliphatic carbocycles. The van der Waals surface area contributed by atoms with E-state index in [1.807, 2.05) is 19.1 Å². The lowest BCUT2D eigenvalue weighted by atomic mass is 10.0. The first-order valence-electron chi connectivity index (χ1n) is 6.39. The molecule has 0 aromatic heterocycles. The van der Waals surface area contributed by atoms with Gasteiger partial charge in [-0.05, 0) is 26.2 Å². The van der Waals surface area contributed by atoms with E-state index in [0.717, 1.165) is 19.3 Å². The summed E-state index contributed by atoms with van der Waals surface area (Å²) in [5.74, 6) is 0. The third-order valence-electron chi connectivity index (χ3n) is 2.75. The van der Waals surface area contributed by atoms with E-state index in [4.69, 9.17) is 5.73 Å². The summed E-state index contributed by atoms with van der Waals surface area (Å²) in [4.78, 5) is 0. The molecule has 0 aromatic rings. The van der Waals surface area contributed by atoms with Crippen molar-refractivity contribution in [2.45, 2.75) is 64.0 Å².